The Morgan fingerprint density at radius 2 is 1.58 bits per heavy atom. The topological polar surface area (TPSA) is 91.2 Å². The van der Waals surface area contributed by atoms with Crippen LogP contribution in [0, 0.1) is 17.1 Å². The van der Waals surface area contributed by atoms with Gasteiger partial charge in [0.2, 0.25) is 0 Å². The fourth-order valence-electron chi connectivity index (χ4n) is 2.70. The van der Waals surface area contributed by atoms with Gasteiger partial charge in [-0.2, -0.15) is 5.26 Å². The molecule has 0 saturated carbocycles. The van der Waals surface area contributed by atoms with Crippen molar-refractivity contribution in [2.75, 3.05) is 17.2 Å². The van der Waals surface area contributed by atoms with Gasteiger partial charge in [0.25, 0.3) is 11.8 Å². The highest BCUT2D eigenvalue weighted by Crippen LogP contribution is 2.35. The highest BCUT2D eigenvalue weighted by molar-refractivity contribution is 6.37. The number of halogens is 3. The average molecular weight is 484 g/mol. The number of nitrogens with zero attached hydrogens (tertiary/aromatic N) is 1. The van der Waals surface area contributed by atoms with Gasteiger partial charge in [0.05, 0.1) is 10.0 Å². The molecular formula is C24H16Cl2FN3O3. The highest BCUT2D eigenvalue weighted by Gasteiger charge is 2.14. The van der Waals surface area contributed by atoms with Gasteiger partial charge in [-0.1, -0.05) is 41.4 Å². The number of anilines is 2. The number of benzene rings is 3. The Kier molecular flexibility index (Phi) is 8.03. The van der Waals surface area contributed by atoms with Crippen LogP contribution in [0.3, 0.4) is 0 Å². The molecule has 0 heterocycles. The predicted molar refractivity (Wildman–Crippen MR) is 126 cm³/mol. The van der Waals surface area contributed by atoms with E-state index in [1.165, 1.54) is 42.5 Å². The summed E-state index contributed by atoms with van der Waals surface area (Å²) in [5.74, 6) is -1.45. The molecule has 2 N–H and O–H groups in total. The molecule has 2 amide bonds. The van der Waals surface area contributed by atoms with E-state index in [1.54, 1.807) is 30.3 Å². The minimum Gasteiger partial charge on any atom is -0.481 e. The monoisotopic (exact) mass is 483 g/mol. The van der Waals surface area contributed by atoms with Crippen molar-refractivity contribution in [3.63, 3.8) is 0 Å². The van der Waals surface area contributed by atoms with Crippen molar-refractivity contribution in [3.05, 3.63) is 93.7 Å². The molecule has 3 aromatic rings. The zero-order valence-electron chi connectivity index (χ0n) is 16.9. The summed E-state index contributed by atoms with van der Waals surface area (Å²) < 4.78 is 18.5. The van der Waals surface area contributed by atoms with E-state index in [1.807, 2.05) is 6.07 Å². The van der Waals surface area contributed by atoms with Crippen LogP contribution in [0.2, 0.25) is 10.0 Å². The normalized spacial score (nSPS) is 10.8. The highest BCUT2D eigenvalue weighted by atomic mass is 35.5. The van der Waals surface area contributed by atoms with Gasteiger partial charge in [0.1, 0.15) is 17.5 Å². The SMILES string of the molecule is N#C/C(=C\c1cc(Cl)c(OCC(=O)Nc2ccccc2)c(Cl)c1)C(=O)Nc1ccc(F)cc1. The number of ether oxygens (including phenoxy) is 1. The van der Waals surface area contributed by atoms with Crippen LogP contribution < -0.4 is 15.4 Å². The number of rotatable bonds is 7. The molecule has 0 bridgehead atoms. The van der Waals surface area contributed by atoms with Crippen LogP contribution in [-0.2, 0) is 9.59 Å². The number of carbonyl (C=O) groups is 2. The average Bonchev–Trinajstić information content (AvgIpc) is 2.79. The zero-order valence-corrected chi connectivity index (χ0v) is 18.5. The van der Waals surface area contributed by atoms with E-state index in [-0.39, 0.29) is 28.0 Å². The minimum absolute atomic E-state index is 0.0907. The number of amides is 2. The molecule has 0 aliphatic rings. The molecule has 0 atom stereocenters. The summed E-state index contributed by atoms with van der Waals surface area (Å²) in [6.07, 6.45) is 1.29. The standard InChI is InChI=1S/C24H16Cl2FN3O3/c25-20-11-15(10-16(13-28)24(32)30-19-8-6-17(27)7-9-19)12-21(26)23(20)33-14-22(31)29-18-4-2-1-3-5-18/h1-12H,14H2,(H,29,31)(H,30,32)/b16-10+. The molecule has 0 radical (unpaired) electrons. The van der Waals surface area contributed by atoms with Gasteiger partial charge in [0.15, 0.2) is 12.4 Å². The second-order valence-corrected chi connectivity index (χ2v) is 7.46. The summed E-state index contributed by atoms with van der Waals surface area (Å²) >= 11 is 12.5. The van der Waals surface area contributed by atoms with Gasteiger partial charge < -0.3 is 15.4 Å². The Hall–Kier alpha value is -3.86. The maximum atomic E-state index is 13.0. The lowest BCUT2D eigenvalue weighted by molar-refractivity contribution is -0.118. The van der Waals surface area contributed by atoms with Gasteiger partial charge in [0, 0.05) is 11.4 Å². The molecule has 166 valence electrons. The fourth-order valence-corrected chi connectivity index (χ4v) is 3.32. The van der Waals surface area contributed by atoms with E-state index in [0.29, 0.717) is 16.9 Å². The Balaban J connectivity index is 1.69. The Labute approximate surface area is 199 Å². The fraction of sp³-hybridized carbons (Fsp3) is 0.0417. The number of para-hydroxylation sites is 1. The van der Waals surface area contributed by atoms with Crippen LogP contribution in [0.5, 0.6) is 5.75 Å². The van der Waals surface area contributed by atoms with E-state index in [9.17, 15) is 19.2 Å². The molecule has 6 nitrogen and oxygen atoms in total. The van der Waals surface area contributed by atoms with E-state index in [4.69, 9.17) is 27.9 Å². The smallest absolute Gasteiger partial charge is 0.266 e. The summed E-state index contributed by atoms with van der Waals surface area (Å²) in [7, 11) is 0. The van der Waals surface area contributed by atoms with Crippen molar-refractivity contribution in [1.82, 2.24) is 0 Å². The predicted octanol–water partition coefficient (Wildman–Crippen LogP) is 5.70. The summed E-state index contributed by atoms with van der Waals surface area (Å²) in [4.78, 5) is 24.4. The molecule has 3 aromatic carbocycles. The van der Waals surface area contributed by atoms with Gasteiger partial charge in [-0.3, -0.25) is 9.59 Å². The van der Waals surface area contributed by atoms with Crippen LogP contribution in [0.25, 0.3) is 6.08 Å². The second-order valence-electron chi connectivity index (χ2n) is 6.65. The first kappa shape index (κ1) is 23.8. The molecule has 0 unspecified atom stereocenters. The van der Waals surface area contributed by atoms with Crippen LogP contribution in [0.15, 0.2) is 72.3 Å². The third-order valence-electron chi connectivity index (χ3n) is 4.20. The first-order valence-corrected chi connectivity index (χ1v) is 10.3. The number of nitriles is 1. The van der Waals surface area contributed by atoms with Gasteiger partial charge >= 0.3 is 0 Å². The van der Waals surface area contributed by atoms with Crippen molar-refractivity contribution in [1.29, 1.82) is 5.26 Å². The largest absolute Gasteiger partial charge is 0.481 e. The van der Waals surface area contributed by atoms with Crippen molar-refractivity contribution in [3.8, 4) is 11.8 Å². The Morgan fingerprint density at radius 1 is 0.970 bits per heavy atom. The number of hydrogen-bond donors (Lipinski definition) is 2. The van der Waals surface area contributed by atoms with Crippen molar-refractivity contribution in [2.45, 2.75) is 0 Å². The van der Waals surface area contributed by atoms with Crippen LogP contribution in [-0.4, -0.2) is 18.4 Å². The van der Waals surface area contributed by atoms with E-state index < -0.39 is 17.6 Å². The quantitative estimate of drug-likeness (QED) is 0.333. The summed E-state index contributed by atoms with van der Waals surface area (Å²) in [5, 5.41) is 14.7. The molecule has 0 aromatic heterocycles. The van der Waals surface area contributed by atoms with Crippen molar-refractivity contribution >= 4 is 52.5 Å². The minimum atomic E-state index is -0.686. The Bertz CT molecular complexity index is 1220. The second kappa shape index (κ2) is 11.1. The lowest BCUT2D eigenvalue weighted by Gasteiger charge is -2.11. The first-order valence-electron chi connectivity index (χ1n) is 9.51. The molecule has 0 aliphatic heterocycles. The van der Waals surface area contributed by atoms with E-state index in [0.717, 1.165) is 0 Å². The van der Waals surface area contributed by atoms with Gasteiger partial charge in [-0.05, 0) is 60.2 Å². The van der Waals surface area contributed by atoms with E-state index >= 15 is 0 Å². The maximum absolute atomic E-state index is 13.0. The molecule has 3 rings (SSSR count). The van der Waals surface area contributed by atoms with Crippen molar-refractivity contribution < 1.29 is 18.7 Å². The third kappa shape index (κ3) is 6.81. The molecule has 33 heavy (non-hydrogen) atoms. The number of nitrogens with one attached hydrogen (secondary N) is 2. The third-order valence-corrected chi connectivity index (χ3v) is 4.77. The summed E-state index contributed by atoms with van der Waals surface area (Å²) in [5.41, 5.74) is 1.10. The molecule has 0 fully saturated rings. The number of carbonyl (C=O) groups excluding carboxylic acids is 2. The van der Waals surface area contributed by atoms with Gasteiger partial charge in [-0.15, -0.1) is 0 Å². The van der Waals surface area contributed by atoms with Gasteiger partial charge in [-0.25, -0.2) is 4.39 Å². The molecule has 0 spiro atoms. The van der Waals surface area contributed by atoms with Crippen molar-refractivity contribution in [2.24, 2.45) is 0 Å². The summed E-state index contributed by atoms with van der Waals surface area (Å²) in [6.45, 7) is -0.326. The molecule has 9 heteroatoms. The molecular weight excluding hydrogens is 468 g/mol. The van der Waals surface area contributed by atoms with Crippen LogP contribution >= 0.6 is 23.2 Å². The maximum Gasteiger partial charge on any atom is 0.266 e. The molecule has 0 saturated heterocycles. The summed E-state index contributed by atoms with van der Waals surface area (Å²) in [6, 6.07) is 18.7. The first-order chi connectivity index (χ1) is 15.9. The Morgan fingerprint density at radius 3 is 2.18 bits per heavy atom. The van der Waals surface area contributed by atoms with Crippen LogP contribution in [0.4, 0.5) is 15.8 Å². The number of hydrogen-bond acceptors (Lipinski definition) is 4. The lowest BCUT2D eigenvalue weighted by atomic mass is 10.1. The lowest BCUT2D eigenvalue weighted by Crippen LogP contribution is -2.20. The molecule has 0 aliphatic carbocycles. The zero-order chi connectivity index (χ0) is 23.8. The van der Waals surface area contributed by atoms with Crippen LogP contribution in [0.1, 0.15) is 5.56 Å². The van der Waals surface area contributed by atoms with E-state index in [2.05, 4.69) is 10.6 Å².